The Balaban J connectivity index is 1.35. The van der Waals surface area contributed by atoms with Crippen molar-refractivity contribution >= 4 is 29.0 Å². The van der Waals surface area contributed by atoms with Gasteiger partial charge in [-0.05, 0) is 73.1 Å². The van der Waals surface area contributed by atoms with Crippen LogP contribution in [0, 0.1) is 0 Å². The molecular weight excluding hydrogens is 594 g/mol. The molecule has 10 nitrogen and oxygen atoms in total. The third-order valence-corrected chi connectivity index (χ3v) is 9.45. The molecule has 1 saturated heterocycles. The Morgan fingerprint density at radius 3 is 2.70 bits per heavy atom. The molecule has 4 aromatic rings. The number of hydrogen-bond donors (Lipinski definition) is 0. The van der Waals surface area contributed by atoms with E-state index >= 15 is 8.78 Å². The molecule has 0 unspecified atom stereocenters. The number of amides is 1. The number of benzene rings is 1. The molecular formula is C34H38F2N6O4. The van der Waals surface area contributed by atoms with E-state index in [4.69, 9.17) is 14.6 Å². The van der Waals surface area contributed by atoms with Crippen molar-refractivity contribution in [3.05, 3.63) is 64.7 Å². The van der Waals surface area contributed by atoms with Crippen molar-refractivity contribution in [2.75, 3.05) is 37.8 Å². The van der Waals surface area contributed by atoms with E-state index in [-0.39, 0.29) is 30.5 Å². The Labute approximate surface area is 265 Å². The predicted octanol–water partition coefficient (Wildman–Crippen LogP) is 5.58. The monoisotopic (exact) mass is 632 g/mol. The average molecular weight is 633 g/mol. The van der Waals surface area contributed by atoms with Gasteiger partial charge in [0.05, 0.1) is 25.6 Å². The summed E-state index contributed by atoms with van der Waals surface area (Å²) in [5.74, 6) is 0.325. The van der Waals surface area contributed by atoms with Crippen LogP contribution in [0.4, 0.5) is 20.3 Å². The molecule has 3 aliphatic rings. The highest BCUT2D eigenvalue weighted by molar-refractivity contribution is 5.83. The number of esters is 1. The molecule has 1 fully saturated rings. The summed E-state index contributed by atoms with van der Waals surface area (Å²) in [7, 11) is 0. The number of alkyl halides is 2. The number of aryl methyl sites for hydroxylation is 1. The number of nitrogens with zero attached hydrogens (tertiary/aromatic N) is 6. The molecule has 3 aromatic heterocycles. The van der Waals surface area contributed by atoms with Crippen molar-refractivity contribution < 1.29 is 27.8 Å². The van der Waals surface area contributed by atoms with Crippen molar-refractivity contribution in [1.29, 1.82) is 0 Å². The molecule has 0 spiro atoms. The zero-order chi connectivity index (χ0) is 31.9. The number of imidazole rings is 1. The highest BCUT2D eigenvalue weighted by Gasteiger charge is 2.34. The number of anilines is 2. The van der Waals surface area contributed by atoms with E-state index in [9.17, 15) is 9.59 Å². The summed E-state index contributed by atoms with van der Waals surface area (Å²) in [5.41, 5.74) is 5.75. The van der Waals surface area contributed by atoms with Crippen molar-refractivity contribution in [1.82, 2.24) is 24.1 Å². The average Bonchev–Trinajstić information content (AvgIpc) is 3.68. The highest BCUT2D eigenvalue weighted by atomic mass is 19.3. The van der Waals surface area contributed by atoms with E-state index in [1.165, 1.54) is 0 Å². The summed E-state index contributed by atoms with van der Waals surface area (Å²) in [6.45, 7) is 6.59. The number of ether oxygens (including phenoxy) is 2. The number of carbonyl (C=O) groups excluding carboxylic acids is 2. The third-order valence-electron chi connectivity index (χ3n) is 9.45. The largest absolute Gasteiger partial charge is 0.466 e. The van der Waals surface area contributed by atoms with E-state index in [0.29, 0.717) is 73.7 Å². The van der Waals surface area contributed by atoms with Gasteiger partial charge in [-0.1, -0.05) is 0 Å². The van der Waals surface area contributed by atoms with Crippen LogP contribution in [-0.4, -0.2) is 68.9 Å². The van der Waals surface area contributed by atoms with E-state index in [0.717, 1.165) is 41.9 Å². The molecule has 1 aromatic carbocycles. The molecule has 46 heavy (non-hydrogen) atoms. The molecule has 3 aliphatic heterocycles. The normalized spacial score (nSPS) is 17.0. The maximum atomic E-state index is 15.0. The summed E-state index contributed by atoms with van der Waals surface area (Å²) < 4.78 is 44.8. The number of carbonyl (C=O) groups is 2. The van der Waals surface area contributed by atoms with Crippen molar-refractivity contribution in [2.45, 2.75) is 71.4 Å². The van der Waals surface area contributed by atoms with E-state index in [2.05, 4.69) is 14.6 Å². The van der Waals surface area contributed by atoms with Gasteiger partial charge in [0.15, 0.2) is 5.82 Å². The summed E-state index contributed by atoms with van der Waals surface area (Å²) in [6.07, 6.45) is 6.28. The fourth-order valence-corrected chi connectivity index (χ4v) is 7.19. The van der Waals surface area contributed by atoms with Gasteiger partial charge in [-0.15, -0.1) is 0 Å². The molecule has 1 amide bonds. The third kappa shape index (κ3) is 5.52. The molecule has 0 aliphatic carbocycles. The van der Waals surface area contributed by atoms with Crippen molar-refractivity contribution in [3.63, 3.8) is 0 Å². The first-order valence-electron chi connectivity index (χ1n) is 16.1. The first kappa shape index (κ1) is 30.3. The second-order valence-electron chi connectivity index (χ2n) is 12.2. The second-order valence-corrected chi connectivity index (χ2v) is 12.2. The van der Waals surface area contributed by atoms with Crippen LogP contribution >= 0.6 is 0 Å². The standard InChI is InChI=1S/C34H38F2N6O4/c1-3-46-32(44)16-23-19-40-12-9-37-31(40)18-25(23)26-15-22-5-4-10-41(30(22)17-27(26)33(35)36)34-28-20-39(21(2)43)11-6-29(28)42(38-34)24-7-13-45-14-8-24/h9,12,15,17-19,24,33H,3-8,10-11,13-14,16,20H2,1-2H3. The van der Waals surface area contributed by atoms with Crippen LogP contribution < -0.4 is 4.90 Å². The Morgan fingerprint density at radius 2 is 1.93 bits per heavy atom. The van der Waals surface area contributed by atoms with E-state index < -0.39 is 12.4 Å². The molecule has 0 atom stereocenters. The number of hydrogen-bond acceptors (Lipinski definition) is 7. The van der Waals surface area contributed by atoms with Crippen LogP contribution in [-0.2, 0) is 44.9 Å². The van der Waals surface area contributed by atoms with Crippen molar-refractivity contribution in [3.8, 4) is 11.1 Å². The van der Waals surface area contributed by atoms with Crippen LogP contribution in [0.25, 0.3) is 16.8 Å². The zero-order valence-corrected chi connectivity index (χ0v) is 26.2. The number of pyridine rings is 1. The lowest BCUT2D eigenvalue weighted by atomic mass is 9.89. The summed E-state index contributed by atoms with van der Waals surface area (Å²) in [6, 6.07) is 5.42. The highest BCUT2D eigenvalue weighted by Crippen LogP contribution is 2.44. The van der Waals surface area contributed by atoms with Gasteiger partial charge < -0.3 is 23.7 Å². The lowest BCUT2D eigenvalue weighted by Crippen LogP contribution is -2.36. The van der Waals surface area contributed by atoms with Gasteiger partial charge >= 0.3 is 5.97 Å². The number of aromatic nitrogens is 4. The van der Waals surface area contributed by atoms with Crippen LogP contribution in [0.15, 0.2) is 36.8 Å². The predicted molar refractivity (Wildman–Crippen MR) is 167 cm³/mol. The second kappa shape index (κ2) is 12.5. The minimum atomic E-state index is -2.77. The zero-order valence-electron chi connectivity index (χ0n) is 26.2. The minimum absolute atomic E-state index is 0.00663. The fourth-order valence-electron chi connectivity index (χ4n) is 7.19. The topological polar surface area (TPSA) is 94.2 Å². The number of halogens is 2. The molecule has 242 valence electrons. The molecule has 0 bridgehead atoms. The van der Waals surface area contributed by atoms with Gasteiger partial charge in [0.25, 0.3) is 6.43 Å². The quantitative estimate of drug-likeness (QED) is 0.246. The van der Waals surface area contributed by atoms with Crippen molar-refractivity contribution in [2.24, 2.45) is 0 Å². The smallest absolute Gasteiger partial charge is 0.310 e. The summed E-state index contributed by atoms with van der Waals surface area (Å²) in [4.78, 5) is 33.3. The summed E-state index contributed by atoms with van der Waals surface area (Å²) in [5, 5.41) is 5.18. The maximum Gasteiger partial charge on any atom is 0.310 e. The van der Waals surface area contributed by atoms with Crippen LogP contribution in [0.1, 0.15) is 73.5 Å². The lowest BCUT2D eigenvalue weighted by Gasteiger charge is -2.33. The molecule has 0 radical (unpaired) electrons. The Bertz CT molecular complexity index is 1790. The van der Waals surface area contributed by atoms with Gasteiger partial charge in [0.2, 0.25) is 5.91 Å². The summed E-state index contributed by atoms with van der Waals surface area (Å²) >= 11 is 0. The van der Waals surface area contributed by atoms with Crippen LogP contribution in [0.3, 0.4) is 0 Å². The number of fused-ring (bicyclic) bond motifs is 3. The van der Waals surface area contributed by atoms with Gasteiger partial charge in [0.1, 0.15) is 5.65 Å². The first-order chi connectivity index (χ1) is 22.3. The van der Waals surface area contributed by atoms with Gasteiger partial charge in [-0.3, -0.25) is 14.3 Å². The Kier molecular flexibility index (Phi) is 8.22. The van der Waals surface area contributed by atoms with Crippen LogP contribution in [0.2, 0.25) is 0 Å². The fraction of sp³-hybridized carbons (Fsp3) is 0.471. The van der Waals surface area contributed by atoms with E-state index in [1.807, 2.05) is 11.0 Å². The maximum absolute atomic E-state index is 15.0. The minimum Gasteiger partial charge on any atom is -0.466 e. The molecule has 0 N–H and O–H groups in total. The Hall–Kier alpha value is -4.32. The van der Waals surface area contributed by atoms with Gasteiger partial charge in [0, 0.05) is 80.7 Å². The lowest BCUT2D eigenvalue weighted by molar-refractivity contribution is -0.142. The molecule has 7 rings (SSSR count). The SMILES string of the molecule is CCOC(=O)Cc1cn2ccnc2cc1-c1cc2c(cc1C(F)F)N(c1nn(C3CCOCC3)c3c1CN(C(C)=O)CC3)CCC2. The van der Waals surface area contributed by atoms with E-state index in [1.54, 1.807) is 49.0 Å². The van der Waals surface area contributed by atoms with Crippen LogP contribution in [0.5, 0.6) is 0 Å². The van der Waals surface area contributed by atoms with Gasteiger partial charge in [-0.2, -0.15) is 5.10 Å². The molecule has 0 saturated carbocycles. The Morgan fingerprint density at radius 1 is 1.11 bits per heavy atom. The first-order valence-corrected chi connectivity index (χ1v) is 16.1. The van der Waals surface area contributed by atoms with Gasteiger partial charge in [-0.25, -0.2) is 13.8 Å². The number of rotatable bonds is 7. The molecule has 12 heteroatoms. The molecule has 6 heterocycles.